The second-order valence-electron chi connectivity index (χ2n) is 8.66. The molecule has 188 valence electrons. The van der Waals surface area contributed by atoms with E-state index >= 15 is 0 Å². The number of hydrogen-bond donors (Lipinski definition) is 2. The monoisotopic (exact) mass is 520 g/mol. The van der Waals surface area contributed by atoms with Gasteiger partial charge in [-0.1, -0.05) is 0 Å². The third-order valence-electron chi connectivity index (χ3n) is 6.60. The van der Waals surface area contributed by atoms with Crippen LogP contribution in [-0.4, -0.2) is 67.8 Å². The molecular formula is C16H22F6O8S2. The predicted molar refractivity (Wildman–Crippen MR) is 94.5 cm³/mol. The van der Waals surface area contributed by atoms with Crippen molar-refractivity contribution in [3.05, 3.63) is 0 Å². The van der Waals surface area contributed by atoms with Gasteiger partial charge in [-0.2, -0.15) is 34.4 Å². The van der Waals surface area contributed by atoms with E-state index in [-0.39, 0.29) is 11.8 Å². The highest BCUT2D eigenvalue weighted by atomic mass is 32.2. The molecule has 2 atom stereocenters. The summed E-state index contributed by atoms with van der Waals surface area (Å²) in [4.78, 5) is 0. The first-order chi connectivity index (χ1) is 14.4. The van der Waals surface area contributed by atoms with Crippen molar-refractivity contribution < 1.29 is 61.8 Å². The smallest absolute Gasteiger partial charge is 0.346 e. The van der Waals surface area contributed by atoms with Crippen LogP contribution in [0.15, 0.2) is 0 Å². The summed E-state index contributed by atoms with van der Waals surface area (Å²) in [5.41, 5.74) is 0. The number of rotatable bonds is 10. The van der Waals surface area contributed by atoms with Crippen LogP contribution in [0, 0.1) is 23.7 Å². The van der Waals surface area contributed by atoms with Crippen LogP contribution in [0.2, 0.25) is 0 Å². The van der Waals surface area contributed by atoms with Gasteiger partial charge in [-0.15, -0.1) is 0 Å². The third-order valence-corrected chi connectivity index (χ3v) is 8.49. The molecule has 2 unspecified atom stereocenters. The van der Waals surface area contributed by atoms with Crippen molar-refractivity contribution in [2.75, 3.05) is 13.2 Å². The van der Waals surface area contributed by atoms with E-state index < -0.39 is 73.9 Å². The SMILES string of the molecule is O=S(=O)(O)C(F)(F)C(F)COC1(OCC(F)C(F)(F)S(=O)(=O)O)C2CC3CC(C2)CC1C3. The maximum atomic E-state index is 14.0. The van der Waals surface area contributed by atoms with E-state index in [9.17, 15) is 43.2 Å². The minimum Gasteiger partial charge on any atom is -0.346 e. The Morgan fingerprint density at radius 2 is 1.06 bits per heavy atom. The Bertz CT molecular complexity index is 841. The molecule has 2 N–H and O–H groups in total. The Morgan fingerprint density at radius 1 is 0.750 bits per heavy atom. The topological polar surface area (TPSA) is 127 Å². The van der Waals surface area contributed by atoms with Gasteiger partial charge < -0.3 is 9.47 Å². The highest BCUT2D eigenvalue weighted by Gasteiger charge is 2.62. The number of alkyl halides is 6. The molecule has 0 radical (unpaired) electrons. The highest BCUT2D eigenvalue weighted by Crippen LogP contribution is 2.60. The molecule has 0 aliphatic heterocycles. The lowest BCUT2D eigenvalue weighted by atomic mass is 9.53. The first kappa shape index (κ1) is 25.9. The van der Waals surface area contributed by atoms with Crippen LogP contribution in [0.4, 0.5) is 26.3 Å². The van der Waals surface area contributed by atoms with Gasteiger partial charge in [0.05, 0.1) is 13.2 Å². The molecular weight excluding hydrogens is 498 g/mol. The van der Waals surface area contributed by atoms with Crippen LogP contribution >= 0.6 is 0 Å². The van der Waals surface area contributed by atoms with Gasteiger partial charge in [-0.05, 0) is 43.9 Å². The summed E-state index contributed by atoms with van der Waals surface area (Å²) in [7, 11) is -12.3. The average molecular weight is 520 g/mol. The van der Waals surface area contributed by atoms with Gasteiger partial charge in [0.25, 0.3) is 0 Å². The number of ether oxygens (including phenoxy) is 2. The molecule has 4 fully saturated rings. The fraction of sp³-hybridized carbons (Fsp3) is 1.00. The summed E-state index contributed by atoms with van der Waals surface area (Å²) < 4.78 is 153. The van der Waals surface area contributed by atoms with Gasteiger partial charge in [-0.3, -0.25) is 9.11 Å². The maximum absolute atomic E-state index is 14.0. The summed E-state index contributed by atoms with van der Waals surface area (Å²) >= 11 is 0. The molecule has 4 bridgehead atoms. The Kier molecular flexibility index (Phi) is 6.66. The van der Waals surface area contributed by atoms with Gasteiger partial charge in [0.2, 0.25) is 12.3 Å². The summed E-state index contributed by atoms with van der Waals surface area (Å²) in [5, 5.41) is -10.5. The van der Waals surface area contributed by atoms with Crippen LogP contribution in [0.3, 0.4) is 0 Å². The van der Waals surface area contributed by atoms with Crippen LogP contribution in [-0.2, 0) is 29.7 Å². The minimum absolute atomic E-state index is 0.165. The Balaban J connectivity index is 1.82. The Hall–Kier alpha value is -0.680. The van der Waals surface area contributed by atoms with Crippen molar-refractivity contribution in [3.63, 3.8) is 0 Å². The van der Waals surface area contributed by atoms with E-state index in [0.29, 0.717) is 25.7 Å². The Morgan fingerprint density at radius 3 is 1.34 bits per heavy atom. The van der Waals surface area contributed by atoms with Gasteiger partial charge in [-0.25, -0.2) is 8.78 Å². The van der Waals surface area contributed by atoms with E-state index in [1.54, 1.807) is 0 Å². The predicted octanol–water partition coefficient (Wildman–Crippen LogP) is 2.81. The van der Waals surface area contributed by atoms with Gasteiger partial charge in [0.1, 0.15) is 0 Å². The van der Waals surface area contributed by atoms with E-state index in [0.717, 1.165) is 6.42 Å². The first-order valence-electron chi connectivity index (χ1n) is 9.67. The van der Waals surface area contributed by atoms with Crippen molar-refractivity contribution >= 4 is 20.2 Å². The van der Waals surface area contributed by atoms with Crippen LogP contribution in [0.1, 0.15) is 32.1 Å². The molecule has 16 heteroatoms. The molecule has 32 heavy (non-hydrogen) atoms. The van der Waals surface area contributed by atoms with Crippen LogP contribution < -0.4 is 0 Å². The van der Waals surface area contributed by atoms with Crippen LogP contribution in [0.5, 0.6) is 0 Å². The van der Waals surface area contributed by atoms with Crippen molar-refractivity contribution in [2.24, 2.45) is 23.7 Å². The Labute approximate surface area is 180 Å². The quantitative estimate of drug-likeness (QED) is 0.256. The average Bonchev–Trinajstić information content (AvgIpc) is 2.64. The number of hydrogen-bond acceptors (Lipinski definition) is 6. The van der Waals surface area contributed by atoms with Gasteiger partial charge in [0.15, 0.2) is 5.79 Å². The second kappa shape index (κ2) is 8.22. The zero-order valence-corrected chi connectivity index (χ0v) is 18.0. The van der Waals surface area contributed by atoms with Crippen molar-refractivity contribution in [1.82, 2.24) is 0 Å². The molecule has 8 nitrogen and oxygen atoms in total. The molecule has 4 rings (SSSR count). The lowest BCUT2D eigenvalue weighted by molar-refractivity contribution is -0.349. The highest BCUT2D eigenvalue weighted by molar-refractivity contribution is 7.87. The molecule has 0 spiro atoms. The normalized spacial score (nSPS) is 35.1. The molecule has 4 aliphatic rings. The second-order valence-corrected chi connectivity index (χ2v) is 11.6. The zero-order chi connectivity index (χ0) is 24.3. The lowest BCUT2D eigenvalue weighted by Crippen LogP contribution is -2.62. The van der Waals surface area contributed by atoms with Crippen molar-refractivity contribution in [2.45, 2.75) is 60.7 Å². The fourth-order valence-corrected chi connectivity index (χ4v) is 6.06. The lowest BCUT2D eigenvalue weighted by Gasteiger charge is -2.60. The molecule has 4 aliphatic carbocycles. The molecule has 0 saturated heterocycles. The van der Waals surface area contributed by atoms with Gasteiger partial charge >= 0.3 is 30.7 Å². The maximum Gasteiger partial charge on any atom is 0.402 e. The number of halogens is 6. The summed E-state index contributed by atoms with van der Waals surface area (Å²) in [6.45, 7) is -3.25. The minimum atomic E-state index is -6.14. The zero-order valence-electron chi connectivity index (χ0n) is 16.3. The molecule has 0 amide bonds. The molecule has 0 aromatic carbocycles. The summed E-state index contributed by atoms with van der Waals surface area (Å²) in [6.07, 6.45) is -4.81. The summed E-state index contributed by atoms with van der Waals surface area (Å²) in [6, 6.07) is 0. The van der Waals surface area contributed by atoms with Crippen LogP contribution in [0.25, 0.3) is 0 Å². The van der Waals surface area contributed by atoms with E-state index in [2.05, 4.69) is 0 Å². The third kappa shape index (κ3) is 4.37. The van der Waals surface area contributed by atoms with E-state index in [1.807, 2.05) is 0 Å². The van der Waals surface area contributed by atoms with Crippen molar-refractivity contribution in [3.8, 4) is 0 Å². The van der Waals surface area contributed by atoms with E-state index in [1.165, 1.54) is 0 Å². The molecule has 4 saturated carbocycles. The summed E-state index contributed by atoms with van der Waals surface area (Å²) in [5.74, 6) is -3.03. The van der Waals surface area contributed by atoms with Crippen molar-refractivity contribution in [1.29, 1.82) is 0 Å². The van der Waals surface area contributed by atoms with Gasteiger partial charge in [0, 0.05) is 11.8 Å². The molecule has 0 aromatic rings. The largest absolute Gasteiger partial charge is 0.402 e. The molecule has 0 aromatic heterocycles. The fourth-order valence-electron chi connectivity index (χ4n) is 5.28. The first-order valence-corrected chi connectivity index (χ1v) is 12.6. The standard InChI is InChI=1S/C16H22F6O8S2/c17-12(15(19,20)31(23,24)25)6-29-14(30-7-13(18)16(21,22)32(26,27)28)10-2-8-1-9(4-10)5-11(14)3-8/h8-13H,1-7H2,(H,23,24,25)(H,26,27,28). The van der Waals surface area contributed by atoms with E-state index in [4.69, 9.17) is 18.6 Å². The molecule has 0 heterocycles.